The second-order valence-electron chi connectivity index (χ2n) is 9.16. The Hall–Kier alpha value is -2.29. The maximum atomic E-state index is 10.4. The first kappa shape index (κ1) is 17.8. The van der Waals surface area contributed by atoms with Gasteiger partial charge in [0.2, 0.25) is 0 Å². The minimum Gasteiger partial charge on any atom is -0.507 e. The Balaban J connectivity index is 1.43. The summed E-state index contributed by atoms with van der Waals surface area (Å²) in [5.41, 5.74) is 3.40. The van der Waals surface area contributed by atoms with Gasteiger partial charge in [-0.05, 0) is 98.4 Å². The molecule has 2 aromatic carbocycles. The van der Waals surface area contributed by atoms with Gasteiger partial charge in [0.1, 0.15) is 11.5 Å². The lowest BCUT2D eigenvalue weighted by atomic mass is 9.48. The Morgan fingerprint density at radius 1 is 1.04 bits per heavy atom. The zero-order valence-corrected chi connectivity index (χ0v) is 16.6. The molecule has 0 atom stereocenters. The van der Waals surface area contributed by atoms with Crippen LogP contribution >= 0.6 is 0 Å². The van der Waals surface area contributed by atoms with E-state index in [0.29, 0.717) is 17.8 Å². The average molecular weight is 376 g/mol. The average Bonchev–Trinajstić information content (AvgIpc) is 2.67. The summed E-state index contributed by atoms with van der Waals surface area (Å²) >= 11 is 0. The normalized spacial score (nSPS) is 30.8. The zero-order chi connectivity index (χ0) is 19.1. The van der Waals surface area contributed by atoms with Crippen molar-refractivity contribution in [3.8, 4) is 11.5 Å². The zero-order valence-electron chi connectivity index (χ0n) is 16.6. The Bertz CT molecular complexity index is 866. The van der Waals surface area contributed by atoms with Crippen LogP contribution in [-0.2, 0) is 5.41 Å². The van der Waals surface area contributed by atoms with Gasteiger partial charge in [0.05, 0.1) is 12.3 Å². The predicted molar refractivity (Wildman–Crippen MR) is 113 cm³/mol. The Morgan fingerprint density at radius 2 is 1.75 bits per heavy atom. The van der Waals surface area contributed by atoms with E-state index in [0.717, 1.165) is 34.8 Å². The van der Waals surface area contributed by atoms with E-state index in [2.05, 4.69) is 17.1 Å². The van der Waals surface area contributed by atoms with Crippen molar-refractivity contribution in [1.29, 1.82) is 0 Å². The molecule has 4 bridgehead atoms. The maximum Gasteiger partial charge on any atom is 0.124 e. The lowest BCUT2D eigenvalue weighted by molar-refractivity contribution is -0.00520. The second-order valence-corrected chi connectivity index (χ2v) is 9.16. The molecule has 28 heavy (non-hydrogen) atoms. The van der Waals surface area contributed by atoms with Gasteiger partial charge in [-0.15, -0.1) is 0 Å². The fourth-order valence-corrected chi connectivity index (χ4v) is 6.42. The molecule has 4 aliphatic rings. The third kappa shape index (κ3) is 3.21. The van der Waals surface area contributed by atoms with Crippen LogP contribution in [0.5, 0.6) is 11.5 Å². The molecule has 3 nitrogen and oxygen atoms in total. The molecule has 0 radical (unpaired) electrons. The van der Waals surface area contributed by atoms with Crippen LogP contribution in [0.2, 0.25) is 0 Å². The smallest absolute Gasteiger partial charge is 0.124 e. The fraction of sp³-hybridized carbons (Fsp3) is 0.480. The Morgan fingerprint density at radius 3 is 2.43 bits per heavy atom. The molecule has 6 rings (SSSR count). The summed E-state index contributed by atoms with van der Waals surface area (Å²) in [6.45, 7) is 2.62. The Kier molecular flexibility index (Phi) is 4.41. The molecule has 146 valence electrons. The highest BCUT2D eigenvalue weighted by Gasteiger charge is 2.51. The standard InChI is InChI=1S/C25H29NO2/c1-2-28-23-5-3-4-22(12-23)26-16-20-11-21(6-7-24(20)27)25-13-17-8-18(14-25)10-19(9-17)15-25/h3-7,11-12,16-19,27H,2,8-10,13-15H2,1H3. The van der Waals surface area contributed by atoms with Gasteiger partial charge in [-0.1, -0.05) is 12.1 Å². The van der Waals surface area contributed by atoms with Gasteiger partial charge in [-0.2, -0.15) is 0 Å². The van der Waals surface area contributed by atoms with E-state index in [1.165, 1.54) is 44.1 Å². The van der Waals surface area contributed by atoms with E-state index < -0.39 is 0 Å². The molecule has 1 N–H and O–H groups in total. The van der Waals surface area contributed by atoms with Gasteiger partial charge in [-0.25, -0.2) is 0 Å². The molecule has 0 amide bonds. The predicted octanol–water partition coefficient (Wildman–Crippen LogP) is 6.01. The van der Waals surface area contributed by atoms with Crippen LogP contribution in [0, 0.1) is 17.8 Å². The molecule has 0 aliphatic heterocycles. The summed E-state index contributed by atoms with van der Waals surface area (Å²) in [6, 6.07) is 14.0. The van der Waals surface area contributed by atoms with E-state index >= 15 is 0 Å². The van der Waals surface area contributed by atoms with Crippen LogP contribution in [0.15, 0.2) is 47.5 Å². The second kappa shape index (κ2) is 6.95. The van der Waals surface area contributed by atoms with E-state index in [9.17, 15) is 5.11 Å². The van der Waals surface area contributed by atoms with Crippen molar-refractivity contribution < 1.29 is 9.84 Å². The van der Waals surface area contributed by atoms with Gasteiger partial charge in [0.25, 0.3) is 0 Å². The van der Waals surface area contributed by atoms with Crippen LogP contribution < -0.4 is 4.74 Å². The number of hydrogen-bond acceptors (Lipinski definition) is 3. The summed E-state index contributed by atoms with van der Waals surface area (Å²) < 4.78 is 5.56. The van der Waals surface area contributed by atoms with Crippen molar-refractivity contribution in [3.05, 3.63) is 53.6 Å². The van der Waals surface area contributed by atoms with E-state index in [1.54, 1.807) is 6.21 Å². The van der Waals surface area contributed by atoms with Crippen LogP contribution in [0.3, 0.4) is 0 Å². The maximum absolute atomic E-state index is 10.4. The summed E-state index contributed by atoms with van der Waals surface area (Å²) in [7, 11) is 0. The number of rotatable bonds is 5. The molecular formula is C25H29NO2. The number of aromatic hydroxyl groups is 1. The van der Waals surface area contributed by atoms with Gasteiger partial charge in [0, 0.05) is 17.8 Å². The lowest BCUT2D eigenvalue weighted by Crippen LogP contribution is -2.48. The molecule has 0 aromatic heterocycles. The van der Waals surface area contributed by atoms with Crippen molar-refractivity contribution in [2.75, 3.05) is 6.61 Å². The van der Waals surface area contributed by atoms with E-state index in [4.69, 9.17) is 4.74 Å². The lowest BCUT2D eigenvalue weighted by Gasteiger charge is -2.57. The summed E-state index contributed by atoms with van der Waals surface area (Å²) in [4.78, 5) is 4.60. The van der Waals surface area contributed by atoms with Gasteiger partial charge in [-0.3, -0.25) is 4.99 Å². The molecule has 4 fully saturated rings. The molecule has 2 aromatic rings. The number of benzene rings is 2. The van der Waals surface area contributed by atoms with Gasteiger partial charge >= 0.3 is 0 Å². The number of phenols is 1. The largest absolute Gasteiger partial charge is 0.507 e. The molecular weight excluding hydrogens is 346 g/mol. The SMILES string of the molecule is CCOc1cccc(N=Cc2cc(C34CC5CC(CC(C5)C3)C4)ccc2O)c1. The van der Waals surface area contributed by atoms with Crippen molar-refractivity contribution >= 4 is 11.9 Å². The highest BCUT2D eigenvalue weighted by molar-refractivity contribution is 5.85. The van der Waals surface area contributed by atoms with Crippen LogP contribution in [0.25, 0.3) is 0 Å². The molecule has 0 spiro atoms. The molecule has 0 saturated heterocycles. The third-order valence-electron chi connectivity index (χ3n) is 7.16. The van der Waals surface area contributed by atoms with E-state index in [-0.39, 0.29) is 0 Å². The Labute approximate surface area is 167 Å². The first-order chi connectivity index (χ1) is 13.6. The molecule has 4 aliphatic carbocycles. The van der Waals surface area contributed by atoms with Gasteiger partial charge < -0.3 is 9.84 Å². The van der Waals surface area contributed by atoms with Crippen LogP contribution in [0.4, 0.5) is 5.69 Å². The molecule has 4 saturated carbocycles. The van der Waals surface area contributed by atoms with Crippen molar-refractivity contribution in [1.82, 2.24) is 0 Å². The number of aliphatic imine (C=N–C) groups is 1. The first-order valence-corrected chi connectivity index (χ1v) is 10.7. The first-order valence-electron chi connectivity index (χ1n) is 10.7. The van der Waals surface area contributed by atoms with Crippen molar-refractivity contribution in [3.63, 3.8) is 0 Å². The van der Waals surface area contributed by atoms with E-state index in [1.807, 2.05) is 37.3 Å². The minimum absolute atomic E-state index is 0.304. The van der Waals surface area contributed by atoms with Crippen molar-refractivity contribution in [2.24, 2.45) is 22.7 Å². The monoisotopic (exact) mass is 375 g/mol. The number of phenolic OH excluding ortho intramolecular Hbond substituents is 1. The van der Waals surface area contributed by atoms with Gasteiger partial charge in [0.15, 0.2) is 0 Å². The topological polar surface area (TPSA) is 41.8 Å². The number of nitrogens with zero attached hydrogens (tertiary/aromatic N) is 1. The molecule has 0 heterocycles. The fourth-order valence-electron chi connectivity index (χ4n) is 6.42. The summed E-state index contributed by atoms with van der Waals surface area (Å²) in [5, 5.41) is 10.4. The highest BCUT2D eigenvalue weighted by atomic mass is 16.5. The quantitative estimate of drug-likeness (QED) is 0.650. The number of ether oxygens (including phenoxy) is 1. The highest BCUT2D eigenvalue weighted by Crippen LogP contribution is 2.60. The van der Waals surface area contributed by atoms with Crippen LogP contribution in [0.1, 0.15) is 56.6 Å². The summed E-state index contributed by atoms with van der Waals surface area (Å²) in [6.07, 6.45) is 10.1. The van der Waals surface area contributed by atoms with Crippen LogP contribution in [-0.4, -0.2) is 17.9 Å². The minimum atomic E-state index is 0.304. The molecule has 0 unspecified atom stereocenters. The molecule has 3 heteroatoms. The van der Waals surface area contributed by atoms with Crippen molar-refractivity contribution in [2.45, 2.75) is 50.9 Å². The third-order valence-corrected chi connectivity index (χ3v) is 7.16. The number of hydrogen-bond donors (Lipinski definition) is 1. The summed E-state index contributed by atoms with van der Waals surface area (Å²) in [5.74, 6) is 3.87.